The molecule has 3 aromatic carbocycles. The minimum absolute atomic E-state index is 0.229. The van der Waals surface area contributed by atoms with Crippen molar-refractivity contribution in [2.45, 2.75) is 19.4 Å². The van der Waals surface area contributed by atoms with Crippen LogP contribution >= 0.6 is 0 Å². The Morgan fingerprint density at radius 2 is 1.61 bits per heavy atom. The first-order valence-corrected chi connectivity index (χ1v) is 9.24. The molecule has 0 unspecified atom stereocenters. The van der Waals surface area contributed by atoms with E-state index in [2.05, 4.69) is 12.1 Å². The summed E-state index contributed by atoms with van der Waals surface area (Å²) < 4.78 is 10.7. The van der Waals surface area contributed by atoms with Crippen LogP contribution in [0.3, 0.4) is 0 Å². The Morgan fingerprint density at radius 1 is 0.893 bits per heavy atom. The number of carbonyl (C=O) groups is 2. The zero-order valence-electron chi connectivity index (χ0n) is 15.6. The minimum Gasteiger partial charge on any atom is -0.479 e. The van der Waals surface area contributed by atoms with E-state index in [1.54, 1.807) is 25.1 Å². The van der Waals surface area contributed by atoms with Gasteiger partial charge in [0.1, 0.15) is 5.75 Å². The van der Waals surface area contributed by atoms with Crippen LogP contribution in [0.5, 0.6) is 5.75 Å². The van der Waals surface area contributed by atoms with Gasteiger partial charge >= 0.3 is 5.97 Å². The molecule has 0 aromatic heterocycles. The van der Waals surface area contributed by atoms with Gasteiger partial charge in [0.2, 0.25) is 0 Å². The standard InChI is InChI=1S/C24H20O4/c1-16(28-20-8-3-2-4-9-20)24(26)27-15-23(25)19-12-11-18-13-17-7-5-6-10-21(17)22(18)14-19/h2-12,14,16H,13,15H2,1H3/t16-/m1/s1. The quantitative estimate of drug-likeness (QED) is 0.371. The van der Waals surface area contributed by atoms with Crippen LogP contribution in [-0.2, 0) is 16.0 Å². The van der Waals surface area contributed by atoms with Gasteiger partial charge in [-0.15, -0.1) is 0 Å². The summed E-state index contributed by atoms with van der Waals surface area (Å²) in [6.07, 6.45) is 0.0886. The second kappa shape index (κ2) is 7.69. The maximum atomic E-state index is 12.5. The van der Waals surface area contributed by atoms with Crippen molar-refractivity contribution < 1.29 is 19.1 Å². The van der Waals surface area contributed by atoms with E-state index in [4.69, 9.17) is 9.47 Å². The molecule has 0 saturated heterocycles. The summed E-state index contributed by atoms with van der Waals surface area (Å²) in [6, 6.07) is 22.9. The number of esters is 1. The smallest absolute Gasteiger partial charge is 0.347 e. The Bertz CT molecular complexity index is 1020. The second-order valence-corrected chi connectivity index (χ2v) is 6.81. The van der Waals surface area contributed by atoms with Crippen molar-refractivity contribution in [3.63, 3.8) is 0 Å². The highest BCUT2D eigenvalue weighted by atomic mass is 16.6. The Hall–Kier alpha value is -3.40. The fourth-order valence-electron chi connectivity index (χ4n) is 3.39. The lowest BCUT2D eigenvalue weighted by molar-refractivity contribution is -0.149. The SMILES string of the molecule is C[C@@H](Oc1ccccc1)C(=O)OCC(=O)c1ccc2c(c1)-c1ccccc1C2. The van der Waals surface area contributed by atoms with Crippen LogP contribution < -0.4 is 4.74 Å². The molecule has 1 aliphatic carbocycles. The van der Waals surface area contributed by atoms with Crippen LogP contribution in [0.1, 0.15) is 28.4 Å². The van der Waals surface area contributed by atoms with E-state index >= 15 is 0 Å². The largest absolute Gasteiger partial charge is 0.479 e. The van der Waals surface area contributed by atoms with Gasteiger partial charge < -0.3 is 9.47 Å². The molecule has 0 fully saturated rings. The summed E-state index contributed by atoms with van der Waals surface area (Å²) in [6.45, 7) is 1.30. The van der Waals surface area contributed by atoms with Crippen molar-refractivity contribution in [3.05, 3.63) is 89.5 Å². The molecule has 1 atom stereocenters. The van der Waals surface area contributed by atoms with Gasteiger partial charge in [0.25, 0.3) is 0 Å². The first kappa shape index (κ1) is 18.0. The van der Waals surface area contributed by atoms with E-state index in [0.29, 0.717) is 11.3 Å². The lowest BCUT2D eigenvalue weighted by Gasteiger charge is -2.13. The first-order chi connectivity index (χ1) is 13.6. The summed E-state index contributed by atoms with van der Waals surface area (Å²) >= 11 is 0. The third-order valence-corrected chi connectivity index (χ3v) is 4.85. The number of para-hydroxylation sites is 1. The van der Waals surface area contributed by atoms with Crippen molar-refractivity contribution >= 4 is 11.8 Å². The molecule has 140 valence electrons. The van der Waals surface area contributed by atoms with Crippen LogP contribution in [0.4, 0.5) is 0 Å². The Kier molecular flexibility index (Phi) is 4.94. The van der Waals surface area contributed by atoms with Crippen LogP contribution in [-0.4, -0.2) is 24.5 Å². The van der Waals surface area contributed by atoms with Gasteiger partial charge in [0.05, 0.1) is 0 Å². The molecule has 0 radical (unpaired) electrons. The number of hydrogen-bond acceptors (Lipinski definition) is 4. The van der Waals surface area contributed by atoms with Gasteiger partial charge in [-0.3, -0.25) is 4.79 Å². The Labute approximate surface area is 163 Å². The number of carbonyl (C=O) groups excluding carboxylic acids is 2. The average Bonchev–Trinajstić information content (AvgIpc) is 3.10. The molecule has 4 nitrogen and oxygen atoms in total. The highest BCUT2D eigenvalue weighted by Crippen LogP contribution is 2.36. The summed E-state index contributed by atoms with van der Waals surface area (Å²) in [5.74, 6) is -0.216. The average molecular weight is 372 g/mol. The Balaban J connectivity index is 1.39. The Morgan fingerprint density at radius 3 is 2.43 bits per heavy atom. The normalized spacial score (nSPS) is 12.6. The molecular weight excluding hydrogens is 352 g/mol. The summed E-state index contributed by atoms with van der Waals surface area (Å²) in [5, 5.41) is 0. The van der Waals surface area contributed by atoms with E-state index in [-0.39, 0.29) is 12.4 Å². The van der Waals surface area contributed by atoms with Crippen molar-refractivity contribution in [2.75, 3.05) is 6.61 Å². The third kappa shape index (κ3) is 3.67. The molecule has 0 aliphatic heterocycles. The second-order valence-electron chi connectivity index (χ2n) is 6.81. The molecular formula is C24H20O4. The van der Waals surface area contributed by atoms with E-state index in [9.17, 15) is 9.59 Å². The zero-order valence-corrected chi connectivity index (χ0v) is 15.6. The third-order valence-electron chi connectivity index (χ3n) is 4.85. The molecule has 0 amide bonds. The van der Waals surface area contributed by atoms with Crippen LogP contribution in [0, 0.1) is 0 Å². The number of ketones is 1. The zero-order chi connectivity index (χ0) is 19.5. The van der Waals surface area contributed by atoms with Crippen molar-refractivity contribution in [1.82, 2.24) is 0 Å². The van der Waals surface area contributed by atoms with Gasteiger partial charge in [0.15, 0.2) is 18.5 Å². The van der Waals surface area contributed by atoms with Gasteiger partial charge in [-0.2, -0.15) is 0 Å². The van der Waals surface area contributed by atoms with Crippen LogP contribution in [0.2, 0.25) is 0 Å². The molecule has 0 saturated carbocycles. The van der Waals surface area contributed by atoms with E-state index in [0.717, 1.165) is 17.5 Å². The summed E-state index contributed by atoms with van der Waals surface area (Å²) in [7, 11) is 0. The van der Waals surface area contributed by atoms with E-state index < -0.39 is 12.1 Å². The van der Waals surface area contributed by atoms with Gasteiger partial charge in [-0.05, 0) is 53.8 Å². The maximum absolute atomic E-state index is 12.5. The predicted molar refractivity (Wildman–Crippen MR) is 107 cm³/mol. The first-order valence-electron chi connectivity index (χ1n) is 9.24. The number of rotatable bonds is 6. The topological polar surface area (TPSA) is 52.6 Å². The molecule has 4 heteroatoms. The summed E-state index contributed by atoms with van der Waals surface area (Å²) in [4.78, 5) is 24.7. The van der Waals surface area contributed by atoms with Crippen molar-refractivity contribution in [1.29, 1.82) is 0 Å². The van der Waals surface area contributed by atoms with Gasteiger partial charge in [-0.25, -0.2) is 4.79 Å². The molecule has 0 spiro atoms. The van der Waals surface area contributed by atoms with Crippen molar-refractivity contribution in [2.24, 2.45) is 0 Å². The minimum atomic E-state index is -0.790. The summed E-state index contributed by atoms with van der Waals surface area (Å²) in [5.41, 5.74) is 5.25. The van der Waals surface area contributed by atoms with Gasteiger partial charge in [-0.1, -0.05) is 54.6 Å². The molecule has 0 bridgehead atoms. The molecule has 0 N–H and O–H groups in total. The van der Waals surface area contributed by atoms with Crippen molar-refractivity contribution in [3.8, 4) is 16.9 Å². The van der Waals surface area contributed by atoms with E-state index in [1.165, 1.54) is 11.1 Å². The number of benzene rings is 3. The predicted octanol–water partition coefficient (Wildman–Crippen LogP) is 4.45. The highest BCUT2D eigenvalue weighted by molar-refractivity contribution is 5.99. The maximum Gasteiger partial charge on any atom is 0.347 e. The lowest BCUT2D eigenvalue weighted by atomic mass is 10.0. The fourth-order valence-corrected chi connectivity index (χ4v) is 3.39. The molecule has 3 aromatic rings. The lowest BCUT2D eigenvalue weighted by Crippen LogP contribution is -2.28. The van der Waals surface area contributed by atoms with E-state index in [1.807, 2.05) is 42.5 Å². The number of fused-ring (bicyclic) bond motifs is 3. The number of hydrogen-bond donors (Lipinski definition) is 0. The number of ether oxygens (including phenoxy) is 2. The molecule has 4 rings (SSSR count). The monoisotopic (exact) mass is 372 g/mol. The molecule has 28 heavy (non-hydrogen) atoms. The van der Waals surface area contributed by atoms with Crippen LogP contribution in [0.15, 0.2) is 72.8 Å². The molecule has 0 heterocycles. The molecule has 1 aliphatic rings. The highest BCUT2D eigenvalue weighted by Gasteiger charge is 2.21. The fraction of sp³-hybridized carbons (Fsp3) is 0.167. The van der Waals surface area contributed by atoms with Gasteiger partial charge in [0, 0.05) is 5.56 Å². The number of Topliss-reactive ketones (excluding diaryl/α,β-unsaturated/α-hetero) is 1. The van der Waals surface area contributed by atoms with Crippen LogP contribution in [0.25, 0.3) is 11.1 Å².